The van der Waals surface area contributed by atoms with Gasteiger partial charge in [-0.2, -0.15) is 16.8 Å². The van der Waals surface area contributed by atoms with Crippen LogP contribution in [0.3, 0.4) is 0 Å². The molecule has 0 bridgehead atoms. The average molecular weight is 815 g/mol. The third-order valence-corrected chi connectivity index (χ3v) is 13.6. The second kappa shape index (κ2) is 12.8. The quantitative estimate of drug-likeness (QED) is 0.0939. The van der Waals surface area contributed by atoms with Crippen molar-refractivity contribution in [1.29, 1.82) is 0 Å². The van der Waals surface area contributed by atoms with Crippen molar-refractivity contribution < 1.29 is 43.9 Å². The molecule has 0 saturated carbocycles. The molecule has 0 spiro atoms. The van der Waals surface area contributed by atoms with E-state index < -0.39 is 72.8 Å². The lowest BCUT2D eigenvalue weighted by Crippen LogP contribution is -2.15. The van der Waals surface area contributed by atoms with Crippen LogP contribution in [-0.2, 0) is 30.1 Å². The Balaban J connectivity index is 1.10. The summed E-state index contributed by atoms with van der Waals surface area (Å²) < 4.78 is 99.4. The monoisotopic (exact) mass is 814 g/mol. The molecule has 1 aliphatic rings. The van der Waals surface area contributed by atoms with Crippen molar-refractivity contribution in [2.45, 2.75) is 19.6 Å². The Bertz CT molecular complexity index is 3250. The fourth-order valence-electron chi connectivity index (χ4n) is 7.28. The molecule has 0 unspecified atom stereocenters. The minimum Gasteiger partial charge on any atom is -0.321 e. The molecule has 12 nitrogen and oxygen atoms in total. The number of carbonyl (C=O) groups is 2. The number of sulfone groups is 1. The van der Waals surface area contributed by atoms with E-state index in [1.54, 1.807) is 24.3 Å². The van der Waals surface area contributed by atoms with E-state index in [2.05, 4.69) is 10.6 Å². The summed E-state index contributed by atoms with van der Waals surface area (Å²) in [6, 6.07) is 35.8. The van der Waals surface area contributed by atoms with Crippen molar-refractivity contribution in [3.05, 3.63) is 145 Å². The molecule has 0 atom stereocenters. The Labute approximate surface area is 324 Å². The summed E-state index contributed by atoms with van der Waals surface area (Å²) >= 11 is 0. The van der Waals surface area contributed by atoms with Gasteiger partial charge in [-0.05, 0) is 116 Å². The smallest absolute Gasteiger partial charge is 0.296 e. The molecule has 8 aromatic carbocycles. The van der Waals surface area contributed by atoms with Crippen molar-refractivity contribution in [2.75, 3.05) is 10.6 Å². The first kappa shape index (κ1) is 36.2. The van der Waals surface area contributed by atoms with E-state index in [0.717, 1.165) is 56.6 Å². The lowest BCUT2D eigenvalue weighted by Gasteiger charge is -2.13. The summed E-state index contributed by atoms with van der Waals surface area (Å²) in [6.07, 6.45) is 0. The van der Waals surface area contributed by atoms with E-state index in [1.165, 1.54) is 12.1 Å². The summed E-state index contributed by atoms with van der Waals surface area (Å²) in [6.45, 7) is 0. The second-order valence-corrected chi connectivity index (χ2v) is 18.2. The molecule has 0 fully saturated rings. The van der Waals surface area contributed by atoms with Crippen molar-refractivity contribution in [3.8, 4) is 11.1 Å². The molecule has 57 heavy (non-hydrogen) atoms. The summed E-state index contributed by atoms with van der Waals surface area (Å²) in [5.74, 6) is -1.63. The fourth-order valence-corrected chi connectivity index (χ4v) is 10.3. The zero-order valence-corrected chi connectivity index (χ0v) is 31.5. The van der Waals surface area contributed by atoms with Gasteiger partial charge in [0.1, 0.15) is 9.79 Å². The van der Waals surface area contributed by atoms with Crippen LogP contribution in [0.2, 0.25) is 0 Å². The number of nitrogens with one attached hydrogen (secondary N) is 2. The van der Waals surface area contributed by atoms with E-state index >= 15 is 0 Å². The van der Waals surface area contributed by atoms with Crippen molar-refractivity contribution in [2.24, 2.45) is 0 Å². The summed E-state index contributed by atoms with van der Waals surface area (Å²) in [5.41, 5.74) is -1.60. The first-order valence-electron chi connectivity index (χ1n) is 17.1. The third-order valence-electron chi connectivity index (χ3n) is 10.0. The van der Waals surface area contributed by atoms with Gasteiger partial charge in [0, 0.05) is 22.3 Å². The largest absolute Gasteiger partial charge is 0.321 e. The number of carbonyl (C=O) groups excluding carboxylic acids is 2. The zero-order chi connectivity index (χ0) is 40.0. The molecule has 0 saturated heterocycles. The molecule has 2 amide bonds. The van der Waals surface area contributed by atoms with Crippen LogP contribution in [0.4, 0.5) is 11.4 Å². The van der Waals surface area contributed by atoms with Crippen LogP contribution in [-0.4, -0.2) is 46.2 Å². The number of benzene rings is 8. The molecule has 282 valence electrons. The normalized spacial score (nSPS) is 13.4. The maximum Gasteiger partial charge on any atom is 0.296 e. The molecule has 0 radical (unpaired) electrons. The molecule has 1 aliphatic heterocycles. The predicted molar refractivity (Wildman–Crippen MR) is 216 cm³/mol. The standard InChI is InChI=1S/C42H26N2O10S3/c45-41(29-11-9-27-13-23-5-1-3-7-25(23)15-31(27)17-29)43-35-21-37-33(19-39(35)56(49,50)51)34-20-40(57(52,53)54)36(22-38(34)55(37,47)48)44-42(46)30-12-10-28-14-24-6-2-4-8-26(24)16-32(28)18-30/h1-22H,(H,43,45)(H,44,46)(H,49,50,51)(H,52,53,54). The molecule has 1 heterocycles. The Morgan fingerprint density at radius 2 is 0.772 bits per heavy atom. The lowest BCUT2D eigenvalue weighted by atomic mass is 10.0. The van der Waals surface area contributed by atoms with Crippen LogP contribution in [0.25, 0.3) is 54.2 Å². The third kappa shape index (κ3) is 6.27. The highest BCUT2D eigenvalue weighted by Crippen LogP contribution is 2.48. The van der Waals surface area contributed by atoms with E-state index in [0.29, 0.717) is 10.8 Å². The number of hydrogen-bond donors (Lipinski definition) is 4. The number of fused-ring (bicyclic) bond motifs is 7. The SMILES string of the molecule is O=C(Nc1cc2c(cc1S(=O)(=O)O)-c1cc(S(=O)(=O)O)c(NC(=O)c3ccc4cc5ccccc5cc4c3)cc1S2(=O)=O)c1ccc2cc3ccccc3cc2c1. The van der Waals surface area contributed by atoms with Gasteiger partial charge in [0.15, 0.2) is 0 Å². The van der Waals surface area contributed by atoms with Gasteiger partial charge in [0.05, 0.1) is 21.2 Å². The Kier molecular flexibility index (Phi) is 8.10. The topological polar surface area (TPSA) is 201 Å². The maximum atomic E-state index is 14.1. The first-order valence-corrected chi connectivity index (χ1v) is 21.5. The van der Waals surface area contributed by atoms with Crippen LogP contribution >= 0.6 is 0 Å². The van der Waals surface area contributed by atoms with E-state index in [-0.39, 0.29) is 22.3 Å². The van der Waals surface area contributed by atoms with Crippen molar-refractivity contribution in [3.63, 3.8) is 0 Å². The van der Waals surface area contributed by atoms with Gasteiger partial charge < -0.3 is 10.6 Å². The molecule has 9 rings (SSSR count). The van der Waals surface area contributed by atoms with Gasteiger partial charge >= 0.3 is 0 Å². The van der Waals surface area contributed by atoms with Gasteiger partial charge in [0.2, 0.25) is 9.84 Å². The second-order valence-electron chi connectivity index (χ2n) is 13.6. The van der Waals surface area contributed by atoms with Gasteiger partial charge in [-0.25, -0.2) is 8.42 Å². The zero-order valence-electron chi connectivity index (χ0n) is 29.1. The van der Waals surface area contributed by atoms with E-state index in [4.69, 9.17) is 0 Å². The van der Waals surface area contributed by atoms with Crippen LogP contribution in [0.15, 0.2) is 153 Å². The van der Waals surface area contributed by atoms with Crippen LogP contribution in [0, 0.1) is 0 Å². The summed E-state index contributed by atoms with van der Waals surface area (Å²) in [7, 11) is -14.9. The minimum atomic E-state index is -5.14. The number of rotatable bonds is 6. The maximum absolute atomic E-state index is 14.1. The Morgan fingerprint density at radius 1 is 0.439 bits per heavy atom. The van der Waals surface area contributed by atoms with Crippen molar-refractivity contribution in [1.82, 2.24) is 0 Å². The first-order chi connectivity index (χ1) is 27.0. The van der Waals surface area contributed by atoms with Crippen molar-refractivity contribution >= 4 is 96.4 Å². The number of amides is 2. The molecule has 4 N–H and O–H groups in total. The van der Waals surface area contributed by atoms with E-state index in [1.807, 2.05) is 72.8 Å². The highest BCUT2D eigenvalue weighted by Gasteiger charge is 2.38. The van der Waals surface area contributed by atoms with Crippen LogP contribution in [0.1, 0.15) is 20.7 Å². The van der Waals surface area contributed by atoms with Gasteiger partial charge in [-0.15, -0.1) is 0 Å². The number of anilines is 2. The Morgan fingerprint density at radius 3 is 1.12 bits per heavy atom. The molecular weight excluding hydrogens is 789 g/mol. The molecule has 8 aromatic rings. The van der Waals surface area contributed by atoms with Gasteiger partial charge in [-0.1, -0.05) is 60.7 Å². The van der Waals surface area contributed by atoms with Crippen LogP contribution < -0.4 is 10.6 Å². The highest BCUT2D eigenvalue weighted by atomic mass is 32.2. The molecule has 15 heteroatoms. The number of hydrogen-bond acceptors (Lipinski definition) is 8. The molecule has 0 aliphatic carbocycles. The highest BCUT2D eigenvalue weighted by molar-refractivity contribution is 7.92. The Hall–Kier alpha value is -6.49. The van der Waals surface area contributed by atoms with Gasteiger partial charge in [0.25, 0.3) is 32.1 Å². The summed E-state index contributed by atoms with van der Waals surface area (Å²) in [5, 5.41) is 11.7. The average Bonchev–Trinajstić information content (AvgIpc) is 3.38. The van der Waals surface area contributed by atoms with E-state index in [9.17, 15) is 43.9 Å². The summed E-state index contributed by atoms with van der Waals surface area (Å²) in [4.78, 5) is 24.3. The lowest BCUT2D eigenvalue weighted by molar-refractivity contribution is 0.101. The minimum absolute atomic E-state index is 0.101. The van der Waals surface area contributed by atoms with Gasteiger partial charge in [-0.3, -0.25) is 18.7 Å². The molecular formula is C42H26N2O10S3. The fraction of sp³-hybridized carbons (Fsp3) is 0. The predicted octanol–water partition coefficient (Wildman–Crippen LogP) is 8.11. The van der Waals surface area contributed by atoms with Crippen LogP contribution in [0.5, 0.6) is 0 Å². The molecule has 0 aromatic heterocycles.